The molecule has 1 aliphatic carbocycles. The van der Waals surface area contributed by atoms with Gasteiger partial charge in [0.05, 0.1) is 11.7 Å². The Labute approximate surface area is 149 Å². The fourth-order valence-electron chi connectivity index (χ4n) is 3.91. The van der Waals surface area contributed by atoms with Gasteiger partial charge in [-0.25, -0.2) is 0 Å². The molecule has 0 saturated heterocycles. The Hall–Kier alpha value is -1.89. The van der Waals surface area contributed by atoms with E-state index in [-0.39, 0.29) is 18.4 Å². The van der Waals surface area contributed by atoms with Crippen molar-refractivity contribution in [2.75, 3.05) is 6.54 Å². The molecule has 1 unspecified atom stereocenters. The highest BCUT2D eigenvalue weighted by Gasteiger charge is 2.31. The Morgan fingerprint density at radius 1 is 1.44 bits per heavy atom. The summed E-state index contributed by atoms with van der Waals surface area (Å²) in [6.45, 7) is 5.80. The first-order chi connectivity index (χ1) is 12.1. The molecule has 0 aromatic carbocycles. The van der Waals surface area contributed by atoms with Crippen LogP contribution >= 0.6 is 0 Å². The zero-order valence-electron chi connectivity index (χ0n) is 15.3. The molecule has 1 aliphatic heterocycles. The second kappa shape index (κ2) is 9.56. The number of carbonyl (C=O) groups excluding carboxylic acids is 1. The molecular formula is C18H30N4O3. The number of aromatic amines is 1. The summed E-state index contributed by atoms with van der Waals surface area (Å²) >= 11 is 0. The Morgan fingerprint density at radius 2 is 2.12 bits per heavy atom. The number of carboxylic acid groups (broad SMARTS) is 1. The normalized spacial score (nSPS) is 18.8. The molecule has 2 aliphatic rings. The minimum atomic E-state index is -0.250. The number of amides is 1. The molecule has 0 spiro atoms. The van der Waals surface area contributed by atoms with Crippen molar-refractivity contribution in [3.63, 3.8) is 0 Å². The van der Waals surface area contributed by atoms with Gasteiger partial charge >= 0.3 is 0 Å². The molecule has 1 atom stereocenters. The minimum Gasteiger partial charge on any atom is -0.483 e. The van der Waals surface area contributed by atoms with Gasteiger partial charge in [0.2, 0.25) is 5.91 Å². The number of H-pyrrole nitrogens is 1. The van der Waals surface area contributed by atoms with Crippen molar-refractivity contribution in [2.45, 2.75) is 77.4 Å². The molecule has 3 N–H and O–H groups in total. The number of nitrogens with zero attached hydrogens (tertiary/aromatic N) is 2. The molecule has 1 aromatic rings. The van der Waals surface area contributed by atoms with E-state index in [9.17, 15) is 4.79 Å². The summed E-state index contributed by atoms with van der Waals surface area (Å²) < 4.78 is 0. The van der Waals surface area contributed by atoms with Crippen molar-refractivity contribution in [3.8, 4) is 0 Å². The first kappa shape index (κ1) is 19.4. The van der Waals surface area contributed by atoms with Crippen LogP contribution < -0.4 is 5.32 Å². The summed E-state index contributed by atoms with van der Waals surface area (Å²) in [7, 11) is 0. The largest absolute Gasteiger partial charge is 0.483 e. The lowest BCUT2D eigenvalue weighted by molar-refractivity contribution is -0.127. The maximum atomic E-state index is 12.7. The lowest BCUT2D eigenvalue weighted by atomic mass is 10.0. The van der Waals surface area contributed by atoms with Crippen molar-refractivity contribution >= 4 is 12.4 Å². The monoisotopic (exact) mass is 350 g/mol. The fourth-order valence-corrected chi connectivity index (χ4v) is 3.91. The zero-order valence-corrected chi connectivity index (χ0v) is 15.3. The molecule has 0 bridgehead atoms. The molecule has 7 nitrogen and oxygen atoms in total. The first-order valence-electron chi connectivity index (χ1n) is 9.31. The van der Waals surface area contributed by atoms with Crippen LogP contribution in [0, 0.1) is 0 Å². The maximum absolute atomic E-state index is 12.7. The number of fused-ring (bicyclic) bond motifs is 1. The number of aryl methyl sites for hydroxylation is 1. The van der Waals surface area contributed by atoms with E-state index in [4.69, 9.17) is 9.90 Å². The number of rotatable bonds is 5. The smallest absolute Gasteiger partial charge is 0.290 e. The van der Waals surface area contributed by atoms with Crippen molar-refractivity contribution in [2.24, 2.45) is 0 Å². The lowest BCUT2D eigenvalue weighted by Gasteiger charge is -2.33. The molecule has 2 heterocycles. The number of nitrogens with one attached hydrogen (secondary N) is 2. The maximum Gasteiger partial charge on any atom is 0.290 e. The Bertz CT molecular complexity index is 553. The van der Waals surface area contributed by atoms with Gasteiger partial charge in [-0.15, -0.1) is 0 Å². The predicted molar refractivity (Wildman–Crippen MR) is 95.3 cm³/mol. The van der Waals surface area contributed by atoms with Gasteiger partial charge in [0.1, 0.15) is 0 Å². The van der Waals surface area contributed by atoms with Gasteiger partial charge in [-0.3, -0.25) is 19.6 Å². The van der Waals surface area contributed by atoms with Gasteiger partial charge in [-0.05, 0) is 25.7 Å². The summed E-state index contributed by atoms with van der Waals surface area (Å²) in [4.78, 5) is 23.4. The van der Waals surface area contributed by atoms with Gasteiger partial charge < -0.3 is 10.4 Å². The first-order valence-corrected chi connectivity index (χ1v) is 9.31. The van der Waals surface area contributed by atoms with E-state index in [2.05, 4.69) is 34.3 Å². The van der Waals surface area contributed by atoms with E-state index in [1.165, 1.54) is 24.1 Å². The second-order valence-corrected chi connectivity index (χ2v) is 6.72. The van der Waals surface area contributed by atoms with Crippen LogP contribution in [0.5, 0.6) is 0 Å². The van der Waals surface area contributed by atoms with Crippen LogP contribution in [-0.4, -0.2) is 51.2 Å². The Balaban J connectivity index is 0.000000701. The molecular weight excluding hydrogens is 320 g/mol. The third-order valence-electron chi connectivity index (χ3n) is 5.22. The molecule has 0 radical (unpaired) electrons. The van der Waals surface area contributed by atoms with Crippen molar-refractivity contribution in [1.29, 1.82) is 0 Å². The minimum absolute atomic E-state index is 0.00615. The van der Waals surface area contributed by atoms with Crippen LogP contribution in [0.1, 0.15) is 62.9 Å². The molecule has 25 heavy (non-hydrogen) atoms. The third kappa shape index (κ3) is 4.81. The Kier molecular flexibility index (Phi) is 7.43. The summed E-state index contributed by atoms with van der Waals surface area (Å²) in [6, 6.07) is 0.399. The van der Waals surface area contributed by atoms with Crippen LogP contribution in [0.25, 0.3) is 0 Å². The van der Waals surface area contributed by atoms with Crippen LogP contribution in [0.3, 0.4) is 0 Å². The number of carbonyl (C=O) groups is 2. The SMILES string of the molecule is CCc1n[nH]c2c1CN(C(CC)C(=O)NC1CCCC1)CC2.O=CO. The molecule has 1 aromatic heterocycles. The fraction of sp³-hybridized carbons (Fsp3) is 0.722. The number of hydrogen-bond acceptors (Lipinski definition) is 4. The summed E-state index contributed by atoms with van der Waals surface area (Å²) in [6.07, 6.45) is 7.59. The highest BCUT2D eigenvalue weighted by Crippen LogP contribution is 2.24. The standard InChI is InChI=1S/C17H28N4O.CH2O2/c1-3-14-13-11-21(10-9-15(13)20-19-14)16(4-2)17(22)18-12-7-5-6-8-12;2-1-3/h12,16H,3-11H2,1-2H3,(H,18,22)(H,19,20);1H,(H,2,3). The van der Waals surface area contributed by atoms with Gasteiger partial charge in [0.25, 0.3) is 6.47 Å². The van der Waals surface area contributed by atoms with Crippen LogP contribution in [0.4, 0.5) is 0 Å². The van der Waals surface area contributed by atoms with E-state index in [1.54, 1.807) is 0 Å². The third-order valence-corrected chi connectivity index (χ3v) is 5.22. The average Bonchev–Trinajstić information content (AvgIpc) is 3.25. The second-order valence-electron chi connectivity index (χ2n) is 6.72. The summed E-state index contributed by atoms with van der Waals surface area (Å²) in [5.41, 5.74) is 3.74. The Morgan fingerprint density at radius 3 is 2.72 bits per heavy atom. The van der Waals surface area contributed by atoms with E-state index in [0.29, 0.717) is 6.04 Å². The van der Waals surface area contributed by atoms with Crippen molar-refractivity contribution < 1.29 is 14.7 Å². The quantitative estimate of drug-likeness (QED) is 0.704. The molecule has 1 fully saturated rings. The van der Waals surface area contributed by atoms with Gasteiger partial charge in [-0.1, -0.05) is 26.7 Å². The molecule has 7 heteroatoms. The van der Waals surface area contributed by atoms with Crippen LogP contribution in [0.15, 0.2) is 0 Å². The van der Waals surface area contributed by atoms with E-state index < -0.39 is 0 Å². The summed E-state index contributed by atoms with van der Waals surface area (Å²) in [5, 5.41) is 17.7. The molecule has 140 valence electrons. The topological polar surface area (TPSA) is 98.3 Å². The van der Waals surface area contributed by atoms with E-state index >= 15 is 0 Å². The van der Waals surface area contributed by atoms with Gasteiger partial charge in [0, 0.05) is 36.8 Å². The molecule has 3 rings (SSSR count). The van der Waals surface area contributed by atoms with Gasteiger partial charge in [0.15, 0.2) is 0 Å². The van der Waals surface area contributed by atoms with E-state index in [0.717, 1.165) is 50.9 Å². The van der Waals surface area contributed by atoms with Crippen molar-refractivity contribution in [1.82, 2.24) is 20.4 Å². The summed E-state index contributed by atoms with van der Waals surface area (Å²) in [5.74, 6) is 0.222. The highest BCUT2D eigenvalue weighted by atomic mass is 16.3. The average molecular weight is 350 g/mol. The lowest BCUT2D eigenvalue weighted by Crippen LogP contribution is -2.50. The van der Waals surface area contributed by atoms with Crippen LogP contribution in [-0.2, 0) is 29.0 Å². The molecule has 1 amide bonds. The van der Waals surface area contributed by atoms with Crippen molar-refractivity contribution in [3.05, 3.63) is 17.0 Å². The highest BCUT2D eigenvalue weighted by molar-refractivity contribution is 5.82. The zero-order chi connectivity index (χ0) is 18.2. The number of hydrogen-bond donors (Lipinski definition) is 3. The van der Waals surface area contributed by atoms with Crippen LogP contribution in [0.2, 0.25) is 0 Å². The molecule has 1 saturated carbocycles. The van der Waals surface area contributed by atoms with E-state index in [1.807, 2.05) is 0 Å². The van der Waals surface area contributed by atoms with Gasteiger partial charge in [-0.2, -0.15) is 5.10 Å². The number of aromatic nitrogens is 2. The predicted octanol–water partition coefficient (Wildman–Crippen LogP) is 1.87.